The highest BCUT2D eigenvalue weighted by Gasteiger charge is 2.51. The van der Waals surface area contributed by atoms with Crippen molar-refractivity contribution in [1.29, 1.82) is 0 Å². The molecule has 0 bridgehead atoms. The molecule has 160 valence electrons. The fourth-order valence-electron chi connectivity index (χ4n) is 3.95. The number of hydrogen-bond donors (Lipinski definition) is 4. The summed E-state index contributed by atoms with van der Waals surface area (Å²) in [5, 5.41) is 21.4. The number of fused-ring (bicyclic) bond motifs is 1. The summed E-state index contributed by atoms with van der Waals surface area (Å²) in [5.41, 5.74) is 4.08. The van der Waals surface area contributed by atoms with Gasteiger partial charge in [0.15, 0.2) is 0 Å². The predicted octanol–water partition coefficient (Wildman–Crippen LogP) is 1.72. The lowest BCUT2D eigenvalue weighted by molar-refractivity contribution is -0.0910. The van der Waals surface area contributed by atoms with Gasteiger partial charge in [-0.3, -0.25) is 15.5 Å². The SMILES string of the molecule is O=C(NC[C@H]1C[C@@H]2O[C@H](CO)[C@@H](OCc3ccccc3)[C@@H]2O1)c1ccc(NO)cc1. The number of ether oxygens (including phenoxy) is 3. The minimum Gasteiger partial charge on any atom is -0.394 e. The second-order valence-corrected chi connectivity index (χ2v) is 7.51. The monoisotopic (exact) mass is 414 g/mol. The van der Waals surface area contributed by atoms with E-state index in [1.807, 2.05) is 35.8 Å². The van der Waals surface area contributed by atoms with Crippen molar-refractivity contribution in [1.82, 2.24) is 5.32 Å². The summed E-state index contributed by atoms with van der Waals surface area (Å²) in [6.45, 7) is 0.637. The van der Waals surface area contributed by atoms with Gasteiger partial charge >= 0.3 is 0 Å². The van der Waals surface area contributed by atoms with E-state index < -0.39 is 6.10 Å². The molecule has 8 nitrogen and oxygen atoms in total. The zero-order valence-electron chi connectivity index (χ0n) is 16.4. The van der Waals surface area contributed by atoms with Gasteiger partial charge in [0.1, 0.15) is 18.3 Å². The summed E-state index contributed by atoms with van der Waals surface area (Å²) in [6, 6.07) is 16.3. The third-order valence-corrected chi connectivity index (χ3v) is 5.48. The van der Waals surface area contributed by atoms with Crippen LogP contribution < -0.4 is 10.8 Å². The molecule has 0 aliphatic carbocycles. The van der Waals surface area contributed by atoms with E-state index in [2.05, 4.69) is 5.32 Å². The lowest BCUT2D eigenvalue weighted by Gasteiger charge is -2.23. The van der Waals surface area contributed by atoms with Crippen molar-refractivity contribution in [3.8, 4) is 0 Å². The molecule has 0 radical (unpaired) electrons. The first kappa shape index (κ1) is 20.8. The lowest BCUT2D eigenvalue weighted by Crippen LogP contribution is -2.38. The fraction of sp³-hybridized carbons (Fsp3) is 0.409. The summed E-state index contributed by atoms with van der Waals surface area (Å²) in [7, 11) is 0. The van der Waals surface area contributed by atoms with Crippen LogP contribution in [-0.4, -0.2) is 59.9 Å². The molecule has 4 N–H and O–H groups in total. The van der Waals surface area contributed by atoms with E-state index in [9.17, 15) is 9.90 Å². The van der Waals surface area contributed by atoms with Crippen LogP contribution in [0.1, 0.15) is 22.3 Å². The average molecular weight is 414 g/mol. The zero-order chi connectivity index (χ0) is 20.9. The van der Waals surface area contributed by atoms with Crippen LogP contribution in [0.4, 0.5) is 5.69 Å². The van der Waals surface area contributed by atoms with Crippen LogP contribution >= 0.6 is 0 Å². The van der Waals surface area contributed by atoms with Crippen LogP contribution in [0.3, 0.4) is 0 Å². The fourth-order valence-corrected chi connectivity index (χ4v) is 3.95. The maximum atomic E-state index is 12.3. The Morgan fingerprint density at radius 3 is 2.57 bits per heavy atom. The molecule has 0 aromatic heterocycles. The van der Waals surface area contributed by atoms with Crippen molar-refractivity contribution in [2.45, 2.75) is 43.5 Å². The minimum absolute atomic E-state index is 0.129. The van der Waals surface area contributed by atoms with Gasteiger partial charge in [-0.2, -0.15) is 0 Å². The van der Waals surface area contributed by atoms with Crippen LogP contribution in [-0.2, 0) is 20.8 Å². The largest absolute Gasteiger partial charge is 0.394 e. The first-order valence-electron chi connectivity index (χ1n) is 10.0. The van der Waals surface area contributed by atoms with Crippen LogP contribution in [0.5, 0.6) is 0 Å². The van der Waals surface area contributed by atoms with E-state index in [0.29, 0.717) is 30.8 Å². The molecule has 2 aromatic carbocycles. The zero-order valence-corrected chi connectivity index (χ0v) is 16.4. The van der Waals surface area contributed by atoms with Gasteiger partial charge in [0.25, 0.3) is 5.91 Å². The highest BCUT2D eigenvalue weighted by molar-refractivity contribution is 5.94. The van der Waals surface area contributed by atoms with Crippen molar-refractivity contribution in [2.75, 3.05) is 18.6 Å². The number of carbonyl (C=O) groups is 1. The number of hydrogen-bond acceptors (Lipinski definition) is 7. The van der Waals surface area contributed by atoms with Crippen molar-refractivity contribution in [3.63, 3.8) is 0 Å². The molecule has 2 heterocycles. The summed E-state index contributed by atoms with van der Waals surface area (Å²) >= 11 is 0. The Morgan fingerprint density at radius 1 is 1.10 bits per heavy atom. The van der Waals surface area contributed by atoms with E-state index in [1.54, 1.807) is 24.3 Å². The first-order valence-corrected chi connectivity index (χ1v) is 10.0. The molecule has 5 atom stereocenters. The first-order chi connectivity index (χ1) is 14.7. The molecular weight excluding hydrogens is 388 g/mol. The molecule has 2 fully saturated rings. The van der Waals surface area contributed by atoms with Gasteiger partial charge in [-0.1, -0.05) is 30.3 Å². The highest BCUT2D eigenvalue weighted by Crippen LogP contribution is 2.36. The minimum atomic E-state index is -0.419. The number of rotatable bonds is 8. The molecule has 1 amide bonds. The standard InChI is InChI=1S/C22H26N2O6/c25-12-19-20(28-13-14-4-2-1-3-5-14)21-18(30-19)10-17(29-21)11-23-22(26)15-6-8-16(24-27)9-7-15/h1-9,17-21,24-25,27H,10-13H2,(H,23,26)/t17-,18+,19-,20-,21-/m1/s1. The van der Waals surface area contributed by atoms with Gasteiger partial charge in [-0.25, -0.2) is 0 Å². The van der Waals surface area contributed by atoms with Gasteiger partial charge in [0, 0.05) is 18.5 Å². The maximum Gasteiger partial charge on any atom is 0.251 e. The van der Waals surface area contributed by atoms with Crippen LogP contribution in [0.25, 0.3) is 0 Å². The number of aliphatic hydroxyl groups is 1. The van der Waals surface area contributed by atoms with Crippen molar-refractivity contribution < 1.29 is 29.3 Å². The third-order valence-electron chi connectivity index (χ3n) is 5.48. The Hall–Kier alpha value is -2.49. The van der Waals surface area contributed by atoms with Crippen LogP contribution in [0, 0.1) is 0 Å². The second kappa shape index (κ2) is 9.55. The van der Waals surface area contributed by atoms with Crippen molar-refractivity contribution in [2.24, 2.45) is 0 Å². The highest BCUT2D eigenvalue weighted by atomic mass is 16.6. The molecule has 0 unspecified atom stereocenters. The molecule has 4 rings (SSSR count). The maximum absolute atomic E-state index is 12.3. The Labute approximate surface area is 174 Å². The molecule has 2 aromatic rings. The van der Waals surface area contributed by atoms with E-state index in [0.717, 1.165) is 5.56 Å². The Kier molecular flexibility index (Phi) is 6.61. The van der Waals surface area contributed by atoms with Gasteiger partial charge in [-0.05, 0) is 29.8 Å². The summed E-state index contributed by atoms with van der Waals surface area (Å²) < 4.78 is 18.1. The third kappa shape index (κ3) is 4.63. The van der Waals surface area contributed by atoms with E-state index >= 15 is 0 Å². The molecule has 8 heteroatoms. The van der Waals surface area contributed by atoms with Gasteiger partial charge < -0.3 is 24.6 Å². The number of nitrogens with one attached hydrogen (secondary N) is 2. The quantitative estimate of drug-likeness (QED) is 0.487. The lowest BCUT2D eigenvalue weighted by atomic mass is 10.1. The number of amides is 1. The molecule has 30 heavy (non-hydrogen) atoms. The molecule has 2 aliphatic heterocycles. The smallest absolute Gasteiger partial charge is 0.251 e. The molecule has 2 saturated heterocycles. The van der Waals surface area contributed by atoms with Gasteiger partial charge in [0.2, 0.25) is 0 Å². The molecule has 0 spiro atoms. The number of benzene rings is 2. The summed E-state index contributed by atoms with van der Waals surface area (Å²) in [5.74, 6) is -0.217. The van der Waals surface area contributed by atoms with Crippen LogP contribution in [0.2, 0.25) is 0 Å². The Morgan fingerprint density at radius 2 is 1.87 bits per heavy atom. The number of anilines is 1. The average Bonchev–Trinajstić information content (AvgIpc) is 3.34. The summed E-state index contributed by atoms with van der Waals surface area (Å²) in [4.78, 5) is 12.3. The van der Waals surface area contributed by atoms with Crippen molar-refractivity contribution >= 4 is 11.6 Å². The Bertz CT molecular complexity index is 831. The van der Waals surface area contributed by atoms with Crippen molar-refractivity contribution in [3.05, 3.63) is 65.7 Å². The molecule has 0 saturated carbocycles. The molecule has 2 aliphatic rings. The van der Waals surface area contributed by atoms with Gasteiger partial charge in [-0.15, -0.1) is 0 Å². The second-order valence-electron chi connectivity index (χ2n) is 7.51. The van der Waals surface area contributed by atoms with E-state index in [4.69, 9.17) is 19.4 Å². The summed E-state index contributed by atoms with van der Waals surface area (Å²) in [6.07, 6.45) is -0.787. The van der Waals surface area contributed by atoms with Crippen LogP contribution in [0.15, 0.2) is 54.6 Å². The normalized spacial score (nSPS) is 27.6. The van der Waals surface area contributed by atoms with E-state index in [1.165, 1.54) is 0 Å². The number of aliphatic hydroxyl groups excluding tert-OH is 1. The van der Waals surface area contributed by atoms with Gasteiger partial charge in [0.05, 0.1) is 31.1 Å². The molecular formula is C22H26N2O6. The number of carbonyl (C=O) groups excluding carboxylic acids is 1. The Balaban J connectivity index is 1.30. The predicted molar refractivity (Wildman–Crippen MR) is 108 cm³/mol. The topological polar surface area (TPSA) is 109 Å². The van der Waals surface area contributed by atoms with E-state index in [-0.39, 0.29) is 36.9 Å².